The molecule has 1 aliphatic rings. The van der Waals surface area contributed by atoms with Gasteiger partial charge in [-0.1, -0.05) is 12.1 Å². The highest BCUT2D eigenvalue weighted by molar-refractivity contribution is 5.88. The molecule has 146 valence electrons. The second kappa shape index (κ2) is 9.08. The number of anilines is 1. The van der Waals surface area contributed by atoms with E-state index in [1.54, 1.807) is 32.2 Å². The van der Waals surface area contributed by atoms with E-state index < -0.39 is 5.97 Å². The average Bonchev–Trinajstić information content (AvgIpc) is 2.73. The van der Waals surface area contributed by atoms with E-state index in [1.165, 1.54) is 6.08 Å². The van der Waals surface area contributed by atoms with E-state index in [9.17, 15) is 9.59 Å². The molecular weight excluding hydrogens is 356 g/mol. The van der Waals surface area contributed by atoms with Gasteiger partial charge in [-0.25, -0.2) is 4.79 Å². The standard InChI is InChI=1S/C22H24N2O4/c1-17(25)23-12-14-24(15-13-23)19-7-9-20(10-8-19)28-22(26)11-6-18-4-3-5-21(16-18)27-2/h3-11,16H,12-15H2,1-2H3/b11-6+. The molecule has 2 aromatic rings. The Hall–Kier alpha value is -3.28. The lowest BCUT2D eigenvalue weighted by Crippen LogP contribution is -2.48. The van der Waals surface area contributed by atoms with Crippen molar-refractivity contribution >= 4 is 23.6 Å². The molecule has 1 saturated heterocycles. The molecule has 0 N–H and O–H groups in total. The van der Waals surface area contributed by atoms with E-state index in [1.807, 2.05) is 41.3 Å². The Balaban J connectivity index is 1.54. The minimum Gasteiger partial charge on any atom is -0.497 e. The lowest BCUT2D eigenvalue weighted by atomic mass is 10.2. The minimum atomic E-state index is -0.439. The van der Waals surface area contributed by atoms with Crippen LogP contribution in [0.1, 0.15) is 12.5 Å². The van der Waals surface area contributed by atoms with E-state index in [-0.39, 0.29) is 5.91 Å². The number of esters is 1. The highest BCUT2D eigenvalue weighted by Crippen LogP contribution is 2.21. The smallest absolute Gasteiger partial charge is 0.336 e. The number of nitrogens with zero attached hydrogens (tertiary/aromatic N) is 2. The SMILES string of the molecule is COc1cccc(/C=C/C(=O)Oc2ccc(N3CCN(C(C)=O)CC3)cc2)c1. The third-order valence-electron chi connectivity index (χ3n) is 4.65. The van der Waals surface area contributed by atoms with Gasteiger partial charge in [0.15, 0.2) is 0 Å². The van der Waals surface area contributed by atoms with Gasteiger partial charge < -0.3 is 19.3 Å². The number of hydrogen-bond donors (Lipinski definition) is 0. The maximum absolute atomic E-state index is 12.0. The first kappa shape index (κ1) is 19.5. The van der Waals surface area contributed by atoms with Gasteiger partial charge in [0, 0.05) is 44.9 Å². The molecule has 0 saturated carbocycles. The molecule has 28 heavy (non-hydrogen) atoms. The van der Waals surface area contributed by atoms with Crippen LogP contribution in [0.3, 0.4) is 0 Å². The van der Waals surface area contributed by atoms with Crippen molar-refractivity contribution < 1.29 is 19.1 Å². The zero-order valence-electron chi connectivity index (χ0n) is 16.1. The van der Waals surface area contributed by atoms with Crippen LogP contribution in [0.15, 0.2) is 54.6 Å². The number of piperazine rings is 1. The molecule has 6 heteroatoms. The molecule has 0 spiro atoms. The number of amides is 1. The predicted molar refractivity (Wildman–Crippen MR) is 109 cm³/mol. The van der Waals surface area contributed by atoms with Gasteiger partial charge in [0.25, 0.3) is 0 Å². The van der Waals surface area contributed by atoms with Crippen LogP contribution < -0.4 is 14.4 Å². The van der Waals surface area contributed by atoms with Crippen molar-refractivity contribution in [3.05, 3.63) is 60.2 Å². The van der Waals surface area contributed by atoms with Crippen LogP contribution in [0.4, 0.5) is 5.69 Å². The molecule has 1 amide bonds. The molecule has 0 radical (unpaired) electrons. The normalized spacial score (nSPS) is 14.2. The van der Waals surface area contributed by atoms with Gasteiger partial charge in [0.1, 0.15) is 11.5 Å². The van der Waals surface area contributed by atoms with Crippen molar-refractivity contribution in [2.24, 2.45) is 0 Å². The number of hydrogen-bond acceptors (Lipinski definition) is 5. The van der Waals surface area contributed by atoms with E-state index in [0.717, 1.165) is 43.2 Å². The van der Waals surface area contributed by atoms with Gasteiger partial charge in [-0.2, -0.15) is 0 Å². The van der Waals surface area contributed by atoms with Gasteiger partial charge in [-0.05, 0) is 48.0 Å². The van der Waals surface area contributed by atoms with Gasteiger partial charge in [0.2, 0.25) is 5.91 Å². The van der Waals surface area contributed by atoms with E-state index in [2.05, 4.69) is 4.90 Å². The summed E-state index contributed by atoms with van der Waals surface area (Å²) in [6.45, 7) is 4.63. The molecular formula is C22H24N2O4. The molecule has 2 aromatic carbocycles. The highest BCUT2D eigenvalue weighted by atomic mass is 16.5. The van der Waals surface area contributed by atoms with Crippen LogP contribution in [-0.2, 0) is 9.59 Å². The number of ether oxygens (including phenoxy) is 2. The Morgan fingerprint density at radius 3 is 2.32 bits per heavy atom. The molecule has 0 bridgehead atoms. The van der Waals surface area contributed by atoms with Gasteiger partial charge in [-0.3, -0.25) is 4.79 Å². The summed E-state index contributed by atoms with van der Waals surface area (Å²) in [7, 11) is 1.60. The lowest BCUT2D eigenvalue weighted by Gasteiger charge is -2.35. The summed E-state index contributed by atoms with van der Waals surface area (Å²) in [6, 6.07) is 14.8. The molecule has 3 rings (SSSR count). The van der Waals surface area contributed by atoms with Gasteiger partial charge in [0.05, 0.1) is 7.11 Å². The van der Waals surface area contributed by atoms with Crippen LogP contribution in [0, 0.1) is 0 Å². The summed E-state index contributed by atoms with van der Waals surface area (Å²) in [5.41, 5.74) is 1.91. The number of methoxy groups -OCH3 is 1. The third kappa shape index (κ3) is 5.13. The largest absolute Gasteiger partial charge is 0.497 e. The molecule has 6 nitrogen and oxygen atoms in total. The maximum Gasteiger partial charge on any atom is 0.336 e. The fraction of sp³-hybridized carbons (Fsp3) is 0.273. The zero-order chi connectivity index (χ0) is 19.9. The molecule has 0 aliphatic carbocycles. The molecule has 1 heterocycles. The van der Waals surface area contributed by atoms with Crippen molar-refractivity contribution in [3.8, 4) is 11.5 Å². The van der Waals surface area contributed by atoms with E-state index >= 15 is 0 Å². The maximum atomic E-state index is 12.0. The summed E-state index contributed by atoms with van der Waals surface area (Å²) in [5, 5.41) is 0. The average molecular weight is 380 g/mol. The Morgan fingerprint density at radius 1 is 0.964 bits per heavy atom. The molecule has 0 unspecified atom stereocenters. The summed E-state index contributed by atoms with van der Waals surface area (Å²) in [5.74, 6) is 0.899. The number of carbonyl (C=O) groups excluding carboxylic acids is 2. The van der Waals surface area contributed by atoms with Crippen LogP contribution in [0.25, 0.3) is 6.08 Å². The summed E-state index contributed by atoms with van der Waals surface area (Å²) in [6.07, 6.45) is 3.08. The van der Waals surface area contributed by atoms with Crippen molar-refractivity contribution in [2.75, 3.05) is 38.2 Å². The Morgan fingerprint density at radius 2 is 1.68 bits per heavy atom. The molecule has 1 fully saturated rings. The first-order valence-corrected chi connectivity index (χ1v) is 9.19. The summed E-state index contributed by atoms with van der Waals surface area (Å²) < 4.78 is 10.5. The van der Waals surface area contributed by atoms with Crippen LogP contribution >= 0.6 is 0 Å². The summed E-state index contributed by atoms with van der Waals surface area (Å²) >= 11 is 0. The fourth-order valence-corrected chi connectivity index (χ4v) is 3.06. The van der Waals surface area contributed by atoms with Crippen molar-refractivity contribution in [2.45, 2.75) is 6.92 Å². The van der Waals surface area contributed by atoms with Crippen molar-refractivity contribution in [1.29, 1.82) is 0 Å². The molecule has 1 aliphatic heterocycles. The second-order valence-electron chi connectivity index (χ2n) is 6.52. The van der Waals surface area contributed by atoms with Crippen molar-refractivity contribution in [1.82, 2.24) is 4.90 Å². The topological polar surface area (TPSA) is 59.1 Å². The second-order valence-corrected chi connectivity index (χ2v) is 6.52. The van der Waals surface area contributed by atoms with Crippen LogP contribution in [0.5, 0.6) is 11.5 Å². The third-order valence-corrected chi connectivity index (χ3v) is 4.65. The number of carbonyl (C=O) groups is 2. The molecule has 0 aromatic heterocycles. The first-order valence-electron chi connectivity index (χ1n) is 9.19. The van der Waals surface area contributed by atoms with Crippen molar-refractivity contribution in [3.63, 3.8) is 0 Å². The van der Waals surface area contributed by atoms with Gasteiger partial charge in [-0.15, -0.1) is 0 Å². The Bertz CT molecular complexity index is 853. The van der Waals surface area contributed by atoms with Crippen LogP contribution in [0.2, 0.25) is 0 Å². The van der Waals surface area contributed by atoms with Gasteiger partial charge >= 0.3 is 5.97 Å². The van der Waals surface area contributed by atoms with E-state index in [4.69, 9.17) is 9.47 Å². The summed E-state index contributed by atoms with van der Waals surface area (Å²) in [4.78, 5) is 27.5. The monoisotopic (exact) mass is 380 g/mol. The lowest BCUT2D eigenvalue weighted by molar-refractivity contribution is -0.129. The molecule has 0 atom stereocenters. The fourth-order valence-electron chi connectivity index (χ4n) is 3.06. The number of rotatable bonds is 5. The Labute approximate surface area is 165 Å². The highest BCUT2D eigenvalue weighted by Gasteiger charge is 2.18. The zero-order valence-corrected chi connectivity index (χ0v) is 16.1. The number of benzene rings is 2. The predicted octanol–water partition coefficient (Wildman–Crippen LogP) is 2.98. The Kier molecular flexibility index (Phi) is 6.32. The van der Waals surface area contributed by atoms with E-state index in [0.29, 0.717) is 5.75 Å². The quantitative estimate of drug-likeness (QED) is 0.453. The minimum absolute atomic E-state index is 0.115. The van der Waals surface area contributed by atoms with Crippen LogP contribution in [-0.4, -0.2) is 50.1 Å². The first-order chi connectivity index (χ1) is 13.5.